The number of amidine groups is 2. The number of piperazine rings is 2. The lowest BCUT2D eigenvalue weighted by Crippen LogP contribution is -2.55. The molecule has 6 aromatic carbocycles. The molecule has 2 fully saturated rings. The molecule has 5 amide bonds. The number of nitrogens with zero attached hydrogens (tertiary/aromatic N) is 7. The standard InChI is InChI=1S/C31H34Br2N4O4.C30H30Cl2N4O3/c1-3-41-27-20-25(40-2)12-13-26(27)30-34-28(21-4-8-23(32)9-5-21)29(22-6-10-24(33)11-7-22)37(30)31(39)36-16-14-35(15-17-36)18-19-38;1-18(2)39-25-16-19(3)4-13-24(25)29-34-27(20-5-9-22(31)10-6-20)28(21-7-11-23(32)12-8-21)36(29)30(38)35-15-14-33-26(37)17-35/h4-13,20,28-29,38H,3,14-19H2,1-2H3;4-13,16,18,27-28H,14-15,17H2,1-3H3,(H,33,37). The van der Waals surface area contributed by atoms with Gasteiger partial charge in [-0.2, -0.15) is 0 Å². The second kappa shape index (κ2) is 26.4. The number of hydrogen-bond donors (Lipinski definition) is 2. The average molecular weight is 1250 g/mol. The molecule has 4 unspecified atom stereocenters. The number of ether oxygens (including phenoxy) is 3. The van der Waals surface area contributed by atoms with Crippen LogP contribution < -0.4 is 19.5 Å². The minimum absolute atomic E-state index is 0.0230. The first-order chi connectivity index (χ1) is 38.6. The Hall–Kier alpha value is -6.47. The molecule has 4 aliphatic rings. The molecule has 0 spiro atoms. The first kappa shape index (κ1) is 58.2. The van der Waals surface area contributed by atoms with Gasteiger partial charge in [0.2, 0.25) is 5.91 Å². The zero-order valence-electron chi connectivity index (χ0n) is 45.2. The number of hydrogen-bond acceptors (Lipinski definition) is 10. The van der Waals surface area contributed by atoms with Crippen molar-refractivity contribution in [3.05, 3.63) is 191 Å². The van der Waals surface area contributed by atoms with Crippen molar-refractivity contribution in [2.24, 2.45) is 9.98 Å². The predicted octanol–water partition coefficient (Wildman–Crippen LogP) is 12.1. The molecule has 6 aromatic rings. The fourth-order valence-corrected chi connectivity index (χ4v) is 11.2. The molecular weight excluding hydrogens is 1190 g/mol. The fraction of sp³-hybridized carbons (Fsp3) is 0.328. The number of benzene rings is 6. The second-order valence-electron chi connectivity index (χ2n) is 20.0. The molecule has 0 aliphatic carbocycles. The van der Waals surface area contributed by atoms with Crippen molar-refractivity contribution in [1.82, 2.24) is 29.8 Å². The van der Waals surface area contributed by atoms with Crippen molar-refractivity contribution in [3.8, 4) is 17.2 Å². The minimum Gasteiger partial charge on any atom is -0.497 e. The fourth-order valence-electron chi connectivity index (χ4n) is 10.4. The zero-order chi connectivity index (χ0) is 56.6. The molecule has 0 radical (unpaired) electrons. The maximum atomic E-state index is 14.5. The first-order valence-corrected chi connectivity index (χ1v) is 29.0. The van der Waals surface area contributed by atoms with E-state index >= 15 is 0 Å². The Labute approximate surface area is 494 Å². The van der Waals surface area contributed by atoms with Crippen LogP contribution in [0.2, 0.25) is 10.0 Å². The molecule has 4 atom stereocenters. The van der Waals surface area contributed by atoms with Crippen LogP contribution in [0.3, 0.4) is 0 Å². The number of amides is 5. The van der Waals surface area contributed by atoms with Gasteiger partial charge < -0.3 is 34.4 Å². The van der Waals surface area contributed by atoms with Crippen molar-refractivity contribution in [1.29, 1.82) is 0 Å². The summed E-state index contributed by atoms with van der Waals surface area (Å²) in [4.78, 5) is 60.8. The highest BCUT2D eigenvalue weighted by molar-refractivity contribution is 9.10. The van der Waals surface area contributed by atoms with Crippen LogP contribution in [0, 0.1) is 6.92 Å². The van der Waals surface area contributed by atoms with Crippen LogP contribution in [0.25, 0.3) is 0 Å². The van der Waals surface area contributed by atoms with Gasteiger partial charge in [0.05, 0.1) is 49.6 Å². The van der Waals surface area contributed by atoms with E-state index < -0.39 is 12.1 Å². The Morgan fingerprint density at radius 3 is 1.69 bits per heavy atom. The summed E-state index contributed by atoms with van der Waals surface area (Å²) in [7, 11) is 1.62. The lowest BCUT2D eigenvalue weighted by atomic mass is 9.93. The van der Waals surface area contributed by atoms with E-state index in [9.17, 15) is 19.5 Å². The summed E-state index contributed by atoms with van der Waals surface area (Å²) in [6, 6.07) is 40.7. The molecule has 2 saturated heterocycles. The number of aliphatic hydroxyl groups excluding tert-OH is 1. The Morgan fingerprint density at radius 1 is 0.675 bits per heavy atom. The molecular formula is C61H64Br2Cl2N8O7. The summed E-state index contributed by atoms with van der Waals surface area (Å²) in [6.45, 7) is 12.3. The molecule has 80 heavy (non-hydrogen) atoms. The number of carbonyl (C=O) groups excluding carboxylic acids is 3. The van der Waals surface area contributed by atoms with Crippen LogP contribution in [-0.4, -0.2) is 138 Å². The molecule has 2 N–H and O–H groups in total. The van der Waals surface area contributed by atoms with Gasteiger partial charge in [-0.1, -0.05) is 110 Å². The van der Waals surface area contributed by atoms with Gasteiger partial charge in [-0.3, -0.25) is 29.5 Å². The van der Waals surface area contributed by atoms with Gasteiger partial charge >= 0.3 is 12.1 Å². The molecule has 15 nitrogen and oxygen atoms in total. The van der Waals surface area contributed by atoms with Crippen LogP contribution >= 0.6 is 55.1 Å². The summed E-state index contributed by atoms with van der Waals surface area (Å²) >= 11 is 19.6. The predicted molar refractivity (Wildman–Crippen MR) is 320 cm³/mol. The van der Waals surface area contributed by atoms with E-state index in [-0.39, 0.29) is 49.3 Å². The van der Waals surface area contributed by atoms with E-state index in [0.29, 0.717) is 96.9 Å². The molecule has 19 heteroatoms. The smallest absolute Gasteiger partial charge is 0.326 e. The molecule has 418 valence electrons. The lowest BCUT2D eigenvalue weighted by molar-refractivity contribution is -0.123. The Morgan fingerprint density at radius 2 is 1.18 bits per heavy atom. The normalized spacial score (nSPS) is 19.3. The maximum absolute atomic E-state index is 14.5. The van der Waals surface area contributed by atoms with Gasteiger partial charge in [0.25, 0.3) is 0 Å². The topological polar surface area (TPSA) is 152 Å². The number of nitrogens with one attached hydrogen (secondary N) is 1. The minimum atomic E-state index is -0.496. The summed E-state index contributed by atoms with van der Waals surface area (Å²) in [6.07, 6.45) is -0.0818. The summed E-state index contributed by atoms with van der Waals surface area (Å²) in [5, 5.41) is 13.4. The first-order valence-electron chi connectivity index (χ1n) is 26.7. The molecule has 10 rings (SSSR count). The molecule has 0 aromatic heterocycles. The number of urea groups is 2. The maximum Gasteiger partial charge on any atom is 0.326 e. The van der Waals surface area contributed by atoms with Crippen molar-refractivity contribution >= 4 is 84.7 Å². The number of halogens is 4. The second-order valence-corrected chi connectivity index (χ2v) is 22.7. The SMILES string of the molecule is CCOc1cc(OC)ccc1C1=NC(c2ccc(Br)cc2)C(c2ccc(Br)cc2)N1C(=O)N1CCN(CCO)CC1.Cc1ccc(C2=NC(c3ccc(Cl)cc3)C(c3ccc(Cl)cc3)N2C(=O)N2CCNC(=O)C2)c(OC(C)C)c1. The number of rotatable bonds is 13. The van der Waals surface area contributed by atoms with E-state index in [1.807, 2.05) is 147 Å². The van der Waals surface area contributed by atoms with Gasteiger partial charge in [-0.25, -0.2) is 9.59 Å². The van der Waals surface area contributed by atoms with Crippen LogP contribution in [0.4, 0.5) is 9.59 Å². The van der Waals surface area contributed by atoms with Crippen LogP contribution in [0.5, 0.6) is 17.2 Å². The van der Waals surface area contributed by atoms with Crippen LogP contribution in [0.1, 0.15) is 83.9 Å². The van der Waals surface area contributed by atoms with Crippen molar-refractivity contribution < 1.29 is 33.7 Å². The number of aliphatic hydroxyl groups is 1. The van der Waals surface area contributed by atoms with Gasteiger partial charge in [-0.05, 0) is 128 Å². The molecule has 0 saturated carbocycles. The third kappa shape index (κ3) is 13.3. The van der Waals surface area contributed by atoms with E-state index in [0.717, 1.165) is 42.3 Å². The molecule has 4 aliphatic heterocycles. The van der Waals surface area contributed by atoms with Crippen molar-refractivity contribution in [2.45, 2.75) is 58.0 Å². The van der Waals surface area contributed by atoms with E-state index in [2.05, 4.69) is 66.3 Å². The summed E-state index contributed by atoms with van der Waals surface area (Å²) in [5.41, 5.74) is 6.24. The van der Waals surface area contributed by atoms with Gasteiger partial charge in [-0.15, -0.1) is 0 Å². The monoisotopic (exact) mass is 1250 g/mol. The quantitative estimate of drug-likeness (QED) is 0.116. The summed E-state index contributed by atoms with van der Waals surface area (Å²) < 4.78 is 19.7. The van der Waals surface area contributed by atoms with Gasteiger partial charge in [0.15, 0.2) is 0 Å². The molecule has 4 heterocycles. The Bertz CT molecular complexity index is 3220. The Balaban J connectivity index is 0.000000194. The number of carbonyl (C=O) groups is 3. The van der Waals surface area contributed by atoms with E-state index in [1.54, 1.807) is 16.9 Å². The highest BCUT2D eigenvalue weighted by atomic mass is 79.9. The van der Waals surface area contributed by atoms with E-state index in [1.165, 1.54) is 0 Å². The Kier molecular flexibility index (Phi) is 19.2. The third-order valence-electron chi connectivity index (χ3n) is 14.2. The van der Waals surface area contributed by atoms with Crippen molar-refractivity contribution in [3.63, 3.8) is 0 Å². The highest BCUT2D eigenvalue weighted by Crippen LogP contribution is 2.48. The van der Waals surface area contributed by atoms with Crippen LogP contribution in [-0.2, 0) is 4.79 Å². The zero-order valence-corrected chi connectivity index (χ0v) is 49.9. The number of methoxy groups -OCH3 is 1. The summed E-state index contributed by atoms with van der Waals surface area (Å²) in [5.74, 6) is 2.79. The number of β-amino-alcohol motifs (C(OH)–C–C–N with tert-alkyl or cyclic N) is 1. The average Bonchev–Trinajstić information content (AvgIpc) is 4.12. The largest absolute Gasteiger partial charge is 0.497 e. The lowest BCUT2D eigenvalue weighted by Gasteiger charge is -2.39. The van der Waals surface area contributed by atoms with Crippen LogP contribution in [0.15, 0.2) is 152 Å². The number of aryl methyl sites for hydroxylation is 1. The van der Waals surface area contributed by atoms with Gasteiger partial charge in [0.1, 0.15) is 47.5 Å². The van der Waals surface area contributed by atoms with E-state index in [4.69, 9.17) is 47.4 Å². The van der Waals surface area contributed by atoms with Gasteiger partial charge in [0, 0.05) is 70.9 Å². The highest BCUT2D eigenvalue weighted by Gasteiger charge is 2.47. The van der Waals surface area contributed by atoms with Crippen molar-refractivity contribution in [2.75, 3.05) is 72.7 Å². The molecule has 0 bridgehead atoms. The number of aliphatic imine (C=N–C) groups is 2. The third-order valence-corrected chi connectivity index (χ3v) is 15.8.